The van der Waals surface area contributed by atoms with E-state index in [1.165, 1.54) is 6.33 Å². The van der Waals surface area contributed by atoms with Gasteiger partial charge in [-0.25, -0.2) is 13.8 Å². The minimum Gasteiger partial charge on any atom is -0.396 e. The molecule has 1 N–H and O–H groups in total. The molecule has 0 aliphatic carbocycles. The van der Waals surface area contributed by atoms with Crippen molar-refractivity contribution in [3.8, 4) is 0 Å². The number of aliphatic hydroxyl groups excluding tert-OH is 1. The maximum atomic E-state index is 13.1. The van der Waals surface area contributed by atoms with Gasteiger partial charge in [0.25, 0.3) is 0 Å². The highest BCUT2D eigenvalue weighted by Crippen LogP contribution is 2.18. The van der Waals surface area contributed by atoms with E-state index < -0.39 is 11.6 Å². The summed E-state index contributed by atoms with van der Waals surface area (Å²) in [4.78, 5) is 3.98. The van der Waals surface area contributed by atoms with Crippen LogP contribution in [0.1, 0.15) is 6.92 Å². The number of hydrogen-bond donors (Lipinski definition) is 1. The van der Waals surface area contributed by atoms with E-state index in [1.54, 1.807) is 4.57 Å². The number of aromatic nitrogens is 2. The van der Waals surface area contributed by atoms with Gasteiger partial charge in [0.2, 0.25) is 0 Å². The normalized spacial score (nSPS) is 13.2. The first kappa shape index (κ1) is 11.0. The largest absolute Gasteiger partial charge is 0.396 e. The second-order valence-electron chi connectivity index (χ2n) is 3.94. The number of imidazole rings is 1. The molecule has 0 aliphatic heterocycles. The van der Waals surface area contributed by atoms with Crippen LogP contribution in [0.15, 0.2) is 18.5 Å². The number of fused-ring (bicyclic) bond motifs is 1. The molecule has 0 amide bonds. The van der Waals surface area contributed by atoms with Gasteiger partial charge in [0.15, 0.2) is 11.6 Å². The third kappa shape index (κ3) is 1.90. The van der Waals surface area contributed by atoms with Gasteiger partial charge in [0, 0.05) is 25.3 Å². The number of nitrogens with zero attached hydrogens (tertiary/aromatic N) is 2. The first-order valence-electron chi connectivity index (χ1n) is 5.02. The number of halogens is 2. The Hall–Kier alpha value is -1.49. The molecule has 0 saturated heterocycles. The molecule has 0 aliphatic rings. The van der Waals surface area contributed by atoms with E-state index >= 15 is 0 Å². The minimum atomic E-state index is -0.895. The summed E-state index contributed by atoms with van der Waals surface area (Å²) in [6.45, 7) is 2.44. The second kappa shape index (κ2) is 4.17. The van der Waals surface area contributed by atoms with E-state index in [1.807, 2.05) is 6.92 Å². The van der Waals surface area contributed by atoms with Crippen LogP contribution in [0, 0.1) is 17.6 Å². The zero-order chi connectivity index (χ0) is 11.7. The molecule has 5 heteroatoms. The molecule has 1 aromatic heterocycles. The fourth-order valence-electron chi connectivity index (χ4n) is 1.59. The van der Waals surface area contributed by atoms with Gasteiger partial charge < -0.3 is 9.67 Å². The average Bonchev–Trinajstić information content (AvgIpc) is 2.62. The van der Waals surface area contributed by atoms with Crippen LogP contribution < -0.4 is 0 Å². The van der Waals surface area contributed by atoms with Crippen LogP contribution in [-0.2, 0) is 6.54 Å². The molecule has 1 aromatic carbocycles. The lowest BCUT2D eigenvalue weighted by Crippen LogP contribution is -2.10. The first-order chi connectivity index (χ1) is 7.61. The molecule has 0 fully saturated rings. The highest BCUT2D eigenvalue weighted by Gasteiger charge is 2.10. The molecule has 0 saturated carbocycles. The predicted octanol–water partition coefficient (Wildman–Crippen LogP) is 1.94. The predicted molar refractivity (Wildman–Crippen MR) is 55.9 cm³/mol. The van der Waals surface area contributed by atoms with Crippen molar-refractivity contribution in [3.63, 3.8) is 0 Å². The maximum Gasteiger partial charge on any atom is 0.161 e. The average molecular weight is 226 g/mol. The van der Waals surface area contributed by atoms with Crippen LogP contribution in [0.5, 0.6) is 0 Å². The highest BCUT2D eigenvalue weighted by molar-refractivity contribution is 5.75. The van der Waals surface area contributed by atoms with Crippen molar-refractivity contribution in [1.29, 1.82) is 0 Å². The van der Waals surface area contributed by atoms with Crippen LogP contribution >= 0.6 is 0 Å². The zero-order valence-electron chi connectivity index (χ0n) is 8.82. The van der Waals surface area contributed by atoms with Crippen LogP contribution in [0.2, 0.25) is 0 Å². The lowest BCUT2D eigenvalue weighted by molar-refractivity contribution is 0.224. The monoisotopic (exact) mass is 226 g/mol. The summed E-state index contributed by atoms with van der Waals surface area (Å²) in [5.41, 5.74) is 0.961. The Morgan fingerprint density at radius 3 is 2.75 bits per heavy atom. The van der Waals surface area contributed by atoms with Gasteiger partial charge in [-0.1, -0.05) is 6.92 Å². The zero-order valence-corrected chi connectivity index (χ0v) is 8.82. The Morgan fingerprint density at radius 1 is 1.38 bits per heavy atom. The summed E-state index contributed by atoms with van der Waals surface area (Å²) in [6, 6.07) is 2.20. The Kier molecular flexibility index (Phi) is 2.87. The Morgan fingerprint density at radius 2 is 2.06 bits per heavy atom. The van der Waals surface area contributed by atoms with Gasteiger partial charge in [-0.05, 0) is 5.92 Å². The number of aliphatic hydroxyl groups is 1. The third-order valence-electron chi connectivity index (χ3n) is 2.48. The third-order valence-corrected chi connectivity index (χ3v) is 2.48. The summed E-state index contributed by atoms with van der Waals surface area (Å²) in [5, 5.41) is 8.94. The van der Waals surface area contributed by atoms with Crippen molar-refractivity contribution < 1.29 is 13.9 Å². The molecular formula is C11H12F2N2O. The Bertz CT molecular complexity index is 510. The number of hydrogen-bond acceptors (Lipinski definition) is 2. The molecule has 2 rings (SSSR count). The standard InChI is InChI=1S/C11H12F2N2O/c1-7(5-16)4-15-6-14-10-2-8(12)9(13)3-11(10)15/h2-3,6-7,16H,4-5H2,1H3. The first-order valence-corrected chi connectivity index (χ1v) is 5.02. The highest BCUT2D eigenvalue weighted by atomic mass is 19.2. The second-order valence-corrected chi connectivity index (χ2v) is 3.94. The quantitative estimate of drug-likeness (QED) is 0.868. The Labute approximate surface area is 91.3 Å². The van der Waals surface area contributed by atoms with E-state index in [2.05, 4.69) is 4.98 Å². The maximum absolute atomic E-state index is 13.1. The molecular weight excluding hydrogens is 214 g/mol. The van der Waals surface area contributed by atoms with Gasteiger partial charge >= 0.3 is 0 Å². The smallest absolute Gasteiger partial charge is 0.161 e. The molecule has 2 aromatic rings. The lowest BCUT2D eigenvalue weighted by atomic mass is 10.2. The van der Waals surface area contributed by atoms with Crippen LogP contribution in [0.3, 0.4) is 0 Å². The summed E-state index contributed by atoms with van der Waals surface area (Å²) >= 11 is 0. The fraction of sp³-hybridized carbons (Fsp3) is 0.364. The summed E-state index contributed by atoms with van der Waals surface area (Å²) < 4.78 is 27.7. The summed E-state index contributed by atoms with van der Waals surface area (Å²) in [5.74, 6) is -1.73. The fourth-order valence-corrected chi connectivity index (χ4v) is 1.59. The van der Waals surface area contributed by atoms with Crippen LogP contribution in [0.4, 0.5) is 8.78 Å². The van der Waals surface area contributed by atoms with Crippen molar-refractivity contribution in [2.75, 3.05) is 6.61 Å². The van der Waals surface area contributed by atoms with Crippen molar-refractivity contribution in [1.82, 2.24) is 9.55 Å². The van der Waals surface area contributed by atoms with Gasteiger partial charge in [-0.2, -0.15) is 0 Å². The molecule has 0 radical (unpaired) electrons. The van der Waals surface area contributed by atoms with E-state index in [0.717, 1.165) is 12.1 Å². The molecule has 3 nitrogen and oxygen atoms in total. The molecule has 86 valence electrons. The van der Waals surface area contributed by atoms with E-state index in [9.17, 15) is 8.78 Å². The molecule has 0 spiro atoms. The summed E-state index contributed by atoms with van der Waals surface area (Å²) in [6.07, 6.45) is 1.52. The van der Waals surface area contributed by atoms with Gasteiger partial charge in [-0.15, -0.1) is 0 Å². The van der Waals surface area contributed by atoms with Crippen LogP contribution in [-0.4, -0.2) is 21.3 Å². The SMILES string of the molecule is CC(CO)Cn1cnc2cc(F)c(F)cc21. The molecule has 16 heavy (non-hydrogen) atoms. The van der Waals surface area contributed by atoms with Gasteiger partial charge in [0.1, 0.15) is 0 Å². The van der Waals surface area contributed by atoms with Crippen molar-refractivity contribution in [3.05, 3.63) is 30.1 Å². The lowest BCUT2D eigenvalue weighted by Gasteiger charge is -2.09. The van der Waals surface area contributed by atoms with Crippen molar-refractivity contribution in [2.24, 2.45) is 5.92 Å². The summed E-state index contributed by atoms with van der Waals surface area (Å²) in [7, 11) is 0. The van der Waals surface area contributed by atoms with Gasteiger partial charge in [0.05, 0.1) is 17.4 Å². The topological polar surface area (TPSA) is 38.0 Å². The van der Waals surface area contributed by atoms with Crippen molar-refractivity contribution >= 4 is 11.0 Å². The van der Waals surface area contributed by atoms with E-state index in [4.69, 9.17) is 5.11 Å². The molecule has 1 atom stereocenters. The molecule has 1 unspecified atom stereocenters. The minimum absolute atomic E-state index is 0.0450. The van der Waals surface area contributed by atoms with Crippen molar-refractivity contribution in [2.45, 2.75) is 13.5 Å². The van der Waals surface area contributed by atoms with Crippen LogP contribution in [0.25, 0.3) is 11.0 Å². The molecule has 0 bridgehead atoms. The number of benzene rings is 1. The Balaban J connectivity index is 2.44. The molecule has 1 heterocycles. The van der Waals surface area contributed by atoms with E-state index in [-0.39, 0.29) is 12.5 Å². The number of rotatable bonds is 3. The van der Waals surface area contributed by atoms with E-state index in [0.29, 0.717) is 17.6 Å². The van der Waals surface area contributed by atoms with Gasteiger partial charge in [-0.3, -0.25) is 0 Å².